The van der Waals surface area contributed by atoms with E-state index in [1.54, 1.807) is 18.9 Å². The third-order valence-electron chi connectivity index (χ3n) is 4.82. The molecular weight excluding hydrogens is 370 g/mol. The highest BCUT2D eigenvalue weighted by Gasteiger charge is 2.23. The number of amides is 1. The summed E-state index contributed by atoms with van der Waals surface area (Å²) in [6.45, 7) is 8.00. The number of hydrogen-bond donors (Lipinski definition) is 2. The lowest BCUT2D eigenvalue weighted by atomic mass is 10.2. The number of nitrogens with one attached hydrogen (secondary N) is 2. The SMILES string of the molecule is C=CCSc1ccccc1NC(=O)C[NH+]1CCN(c2cccc(OC)c2)CC1. The zero-order chi connectivity index (χ0) is 19.8. The van der Waals surface area contributed by atoms with E-state index >= 15 is 0 Å². The van der Waals surface area contributed by atoms with E-state index in [1.807, 2.05) is 42.5 Å². The van der Waals surface area contributed by atoms with Crippen LogP contribution in [0.5, 0.6) is 5.75 Å². The zero-order valence-electron chi connectivity index (χ0n) is 16.3. The Hall–Kier alpha value is -2.44. The van der Waals surface area contributed by atoms with Gasteiger partial charge in [-0.15, -0.1) is 18.3 Å². The predicted octanol–water partition coefficient (Wildman–Crippen LogP) is 2.32. The van der Waals surface area contributed by atoms with Crippen molar-refractivity contribution in [3.05, 3.63) is 61.2 Å². The molecule has 0 aliphatic carbocycles. The molecule has 0 radical (unpaired) electrons. The molecule has 5 nitrogen and oxygen atoms in total. The quantitative estimate of drug-likeness (QED) is 0.529. The number of nitrogens with zero attached hydrogens (tertiary/aromatic N) is 1. The summed E-state index contributed by atoms with van der Waals surface area (Å²) >= 11 is 1.68. The molecule has 0 spiro atoms. The number of para-hydroxylation sites is 1. The van der Waals surface area contributed by atoms with Gasteiger partial charge in [-0.2, -0.15) is 0 Å². The lowest BCUT2D eigenvalue weighted by Gasteiger charge is -2.33. The maximum atomic E-state index is 12.6. The second-order valence-electron chi connectivity index (χ2n) is 6.76. The minimum Gasteiger partial charge on any atom is -0.497 e. The number of anilines is 2. The number of piperazine rings is 1. The molecule has 0 saturated carbocycles. The number of carbonyl (C=O) groups excluding carboxylic acids is 1. The number of benzene rings is 2. The van der Waals surface area contributed by atoms with Gasteiger partial charge in [0.2, 0.25) is 0 Å². The van der Waals surface area contributed by atoms with Gasteiger partial charge in [0.25, 0.3) is 5.91 Å². The molecule has 148 valence electrons. The van der Waals surface area contributed by atoms with E-state index in [0.29, 0.717) is 6.54 Å². The van der Waals surface area contributed by atoms with Gasteiger partial charge in [0.05, 0.1) is 39.0 Å². The number of ether oxygens (including phenoxy) is 1. The molecule has 0 bridgehead atoms. The van der Waals surface area contributed by atoms with Crippen LogP contribution in [0.15, 0.2) is 66.1 Å². The number of hydrogen-bond acceptors (Lipinski definition) is 4. The van der Waals surface area contributed by atoms with Crippen molar-refractivity contribution in [3.63, 3.8) is 0 Å². The maximum absolute atomic E-state index is 12.6. The van der Waals surface area contributed by atoms with Crippen LogP contribution in [0.2, 0.25) is 0 Å². The lowest BCUT2D eigenvalue weighted by Crippen LogP contribution is -3.15. The summed E-state index contributed by atoms with van der Waals surface area (Å²) < 4.78 is 5.32. The number of carbonyl (C=O) groups is 1. The molecule has 1 aliphatic rings. The van der Waals surface area contributed by atoms with Crippen molar-refractivity contribution in [3.8, 4) is 5.75 Å². The largest absolute Gasteiger partial charge is 0.497 e. The molecular formula is C22H28N3O2S+. The molecule has 1 saturated heterocycles. The van der Waals surface area contributed by atoms with Crippen LogP contribution in [-0.2, 0) is 4.79 Å². The first-order valence-corrected chi connectivity index (χ1v) is 10.5. The van der Waals surface area contributed by atoms with E-state index in [4.69, 9.17) is 4.74 Å². The number of rotatable bonds is 8. The second-order valence-corrected chi connectivity index (χ2v) is 7.82. The van der Waals surface area contributed by atoms with Crippen molar-refractivity contribution in [1.82, 2.24) is 0 Å². The van der Waals surface area contributed by atoms with Crippen molar-refractivity contribution in [2.24, 2.45) is 0 Å². The molecule has 0 atom stereocenters. The first kappa shape index (κ1) is 20.3. The van der Waals surface area contributed by atoms with E-state index < -0.39 is 0 Å². The Balaban J connectivity index is 1.51. The highest BCUT2D eigenvalue weighted by atomic mass is 32.2. The van der Waals surface area contributed by atoms with Gasteiger partial charge in [0.15, 0.2) is 6.54 Å². The molecule has 1 amide bonds. The molecule has 1 fully saturated rings. The molecule has 1 aliphatic heterocycles. The fourth-order valence-electron chi connectivity index (χ4n) is 3.33. The van der Waals surface area contributed by atoms with Gasteiger partial charge in [-0.05, 0) is 24.3 Å². The second kappa shape index (κ2) is 10.2. The summed E-state index contributed by atoms with van der Waals surface area (Å²) in [6.07, 6.45) is 1.87. The van der Waals surface area contributed by atoms with Gasteiger partial charge in [-0.1, -0.05) is 24.3 Å². The van der Waals surface area contributed by atoms with Crippen molar-refractivity contribution in [2.45, 2.75) is 4.90 Å². The normalized spacial score (nSPS) is 14.5. The number of thioether (sulfide) groups is 1. The average molecular weight is 399 g/mol. The molecule has 6 heteroatoms. The first-order chi connectivity index (χ1) is 13.7. The summed E-state index contributed by atoms with van der Waals surface area (Å²) in [5.41, 5.74) is 2.06. The summed E-state index contributed by atoms with van der Waals surface area (Å²) in [6, 6.07) is 16.1. The van der Waals surface area contributed by atoms with Crippen LogP contribution in [0.1, 0.15) is 0 Å². The van der Waals surface area contributed by atoms with Crippen molar-refractivity contribution in [2.75, 3.05) is 55.8 Å². The van der Waals surface area contributed by atoms with Gasteiger partial charge in [0, 0.05) is 22.4 Å². The molecule has 1 heterocycles. The van der Waals surface area contributed by atoms with E-state index in [0.717, 1.165) is 48.3 Å². The Morgan fingerprint density at radius 2 is 2.04 bits per heavy atom. The third kappa shape index (κ3) is 5.53. The lowest BCUT2D eigenvalue weighted by molar-refractivity contribution is -0.892. The maximum Gasteiger partial charge on any atom is 0.279 e. The number of methoxy groups -OCH3 is 1. The fraction of sp³-hybridized carbons (Fsp3) is 0.318. The van der Waals surface area contributed by atoms with Crippen LogP contribution in [0.4, 0.5) is 11.4 Å². The summed E-state index contributed by atoms with van der Waals surface area (Å²) in [7, 11) is 1.69. The highest BCUT2D eigenvalue weighted by molar-refractivity contribution is 7.99. The molecule has 3 rings (SSSR count). The van der Waals surface area contributed by atoms with Crippen LogP contribution in [-0.4, -0.2) is 51.5 Å². The van der Waals surface area contributed by atoms with Gasteiger partial charge in [-0.25, -0.2) is 0 Å². The standard InChI is InChI=1S/C22H27N3O2S/c1-3-15-28-21-10-5-4-9-20(21)23-22(26)17-24-11-13-25(14-12-24)18-7-6-8-19(16-18)27-2/h3-10,16H,1,11-15,17H2,2H3,(H,23,26)/p+1. The summed E-state index contributed by atoms with van der Waals surface area (Å²) in [4.78, 5) is 17.3. The van der Waals surface area contributed by atoms with Gasteiger partial charge >= 0.3 is 0 Å². The van der Waals surface area contributed by atoms with Crippen LogP contribution in [0, 0.1) is 0 Å². The monoisotopic (exact) mass is 398 g/mol. The molecule has 28 heavy (non-hydrogen) atoms. The molecule has 2 N–H and O–H groups in total. The smallest absolute Gasteiger partial charge is 0.279 e. The molecule has 2 aromatic rings. The Morgan fingerprint density at radius 3 is 2.79 bits per heavy atom. The van der Waals surface area contributed by atoms with Crippen LogP contribution >= 0.6 is 11.8 Å². The van der Waals surface area contributed by atoms with Crippen LogP contribution in [0.25, 0.3) is 0 Å². The Labute approximate surface area is 171 Å². The van der Waals surface area contributed by atoms with Crippen LogP contribution < -0.4 is 19.9 Å². The highest BCUT2D eigenvalue weighted by Crippen LogP contribution is 2.26. The van der Waals surface area contributed by atoms with E-state index in [9.17, 15) is 4.79 Å². The van der Waals surface area contributed by atoms with E-state index in [-0.39, 0.29) is 5.91 Å². The molecule has 0 aromatic heterocycles. The zero-order valence-corrected chi connectivity index (χ0v) is 17.1. The third-order valence-corrected chi connectivity index (χ3v) is 5.89. The minimum atomic E-state index is 0.0662. The fourth-order valence-corrected chi connectivity index (χ4v) is 4.08. The van der Waals surface area contributed by atoms with Crippen molar-refractivity contribution >= 4 is 29.0 Å². The van der Waals surface area contributed by atoms with Gasteiger partial charge in [-0.3, -0.25) is 4.79 Å². The predicted molar refractivity (Wildman–Crippen MR) is 117 cm³/mol. The molecule has 0 unspecified atom stereocenters. The Kier molecular flexibility index (Phi) is 7.39. The van der Waals surface area contributed by atoms with Crippen molar-refractivity contribution < 1.29 is 14.4 Å². The molecule has 2 aromatic carbocycles. The van der Waals surface area contributed by atoms with E-state index in [1.165, 1.54) is 10.6 Å². The Morgan fingerprint density at radius 1 is 1.25 bits per heavy atom. The van der Waals surface area contributed by atoms with Gasteiger partial charge < -0.3 is 19.9 Å². The summed E-state index contributed by atoms with van der Waals surface area (Å²) in [5, 5.41) is 3.08. The minimum absolute atomic E-state index is 0.0662. The van der Waals surface area contributed by atoms with Crippen LogP contribution in [0.3, 0.4) is 0 Å². The van der Waals surface area contributed by atoms with Gasteiger partial charge in [0.1, 0.15) is 5.75 Å². The Bertz CT molecular complexity index is 804. The van der Waals surface area contributed by atoms with Crippen molar-refractivity contribution in [1.29, 1.82) is 0 Å². The topological polar surface area (TPSA) is 46.0 Å². The summed E-state index contributed by atoms with van der Waals surface area (Å²) in [5.74, 6) is 1.76. The first-order valence-electron chi connectivity index (χ1n) is 9.54. The average Bonchev–Trinajstić information content (AvgIpc) is 2.73. The van der Waals surface area contributed by atoms with E-state index in [2.05, 4.69) is 28.9 Å². The number of quaternary nitrogens is 1.